The van der Waals surface area contributed by atoms with Crippen molar-refractivity contribution in [3.8, 4) is 11.5 Å². The molecule has 1 saturated carbocycles. The van der Waals surface area contributed by atoms with Crippen LogP contribution < -0.4 is 9.47 Å². The highest BCUT2D eigenvalue weighted by atomic mass is 16.5. The smallest absolute Gasteiger partial charge is 0.254 e. The molecule has 1 aliphatic heterocycles. The molecular weight excluding hydrogens is 342 g/mol. The van der Waals surface area contributed by atoms with Crippen molar-refractivity contribution in [3.63, 3.8) is 0 Å². The molecule has 2 aromatic carbocycles. The molecule has 1 fully saturated rings. The van der Waals surface area contributed by atoms with Crippen LogP contribution in [0.2, 0.25) is 0 Å². The fourth-order valence-corrected chi connectivity index (χ4v) is 3.50. The maximum atomic E-state index is 13.2. The van der Waals surface area contributed by atoms with Gasteiger partial charge < -0.3 is 18.8 Å². The zero-order valence-electron chi connectivity index (χ0n) is 15.0. The number of hydrogen-bond donors (Lipinski definition) is 0. The molecule has 0 N–H and O–H groups in total. The first-order valence-corrected chi connectivity index (χ1v) is 9.46. The van der Waals surface area contributed by atoms with Crippen molar-refractivity contribution in [2.24, 2.45) is 0 Å². The standard InChI is InChI=1S/C22H21NO4/c24-22(16-6-9-20-21(13-16)26-11-3-10-25-20)23(17-7-8-17)14-18-12-15-4-1-2-5-19(15)27-18/h1-2,4-6,9,12-13,17H,3,7-8,10-11,14H2. The predicted octanol–water partition coefficient (Wildman–Crippen LogP) is 4.40. The van der Waals surface area contributed by atoms with Crippen LogP contribution in [0.4, 0.5) is 0 Å². The Labute approximate surface area is 157 Å². The Bertz CT molecular complexity index is 956. The number of carbonyl (C=O) groups excluding carboxylic acids is 1. The molecule has 27 heavy (non-hydrogen) atoms. The molecule has 0 bridgehead atoms. The lowest BCUT2D eigenvalue weighted by atomic mass is 10.1. The van der Waals surface area contributed by atoms with Crippen LogP contribution >= 0.6 is 0 Å². The lowest BCUT2D eigenvalue weighted by Crippen LogP contribution is -2.32. The van der Waals surface area contributed by atoms with Crippen LogP contribution in [0.15, 0.2) is 52.9 Å². The molecule has 5 nitrogen and oxygen atoms in total. The van der Waals surface area contributed by atoms with Gasteiger partial charge in [-0.25, -0.2) is 0 Å². The van der Waals surface area contributed by atoms with E-state index in [0.29, 0.717) is 36.8 Å². The van der Waals surface area contributed by atoms with Crippen molar-refractivity contribution in [1.29, 1.82) is 0 Å². The molecule has 1 aromatic heterocycles. The molecule has 1 aliphatic carbocycles. The minimum absolute atomic E-state index is 0.00797. The molecule has 5 rings (SSSR count). The van der Waals surface area contributed by atoms with Crippen LogP contribution in [0, 0.1) is 0 Å². The molecule has 2 heterocycles. The topological polar surface area (TPSA) is 51.9 Å². The van der Waals surface area contributed by atoms with Crippen LogP contribution in [0.1, 0.15) is 35.4 Å². The Morgan fingerprint density at radius 3 is 2.63 bits per heavy atom. The summed E-state index contributed by atoms with van der Waals surface area (Å²) in [5.74, 6) is 2.18. The van der Waals surface area contributed by atoms with Gasteiger partial charge in [0.25, 0.3) is 5.91 Å². The number of nitrogens with zero attached hydrogens (tertiary/aromatic N) is 1. The molecule has 0 unspecified atom stereocenters. The van der Waals surface area contributed by atoms with Crippen molar-refractivity contribution in [2.75, 3.05) is 13.2 Å². The third-order valence-electron chi connectivity index (χ3n) is 5.05. The zero-order valence-corrected chi connectivity index (χ0v) is 15.0. The summed E-state index contributed by atoms with van der Waals surface area (Å²) in [6.07, 6.45) is 2.92. The molecule has 138 valence electrons. The summed E-state index contributed by atoms with van der Waals surface area (Å²) in [7, 11) is 0. The van der Waals surface area contributed by atoms with Crippen LogP contribution in [0.3, 0.4) is 0 Å². The van der Waals surface area contributed by atoms with Gasteiger partial charge in [0, 0.05) is 23.4 Å². The molecule has 5 heteroatoms. The summed E-state index contributed by atoms with van der Waals surface area (Å²) in [6, 6.07) is 15.7. The van der Waals surface area contributed by atoms with E-state index < -0.39 is 0 Å². The monoisotopic (exact) mass is 363 g/mol. The highest BCUT2D eigenvalue weighted by molar-refractivity contribution is 5.95. The number of hydrogen-bond acceptors (Lipinski definition) is 4. The lowest BCUT2D eigenvalue weighted by Gasteiger charge is -2.22. The van der Waals surface area contributed by atoms with Gasteiger partial charge in [0.05, 0.1) is 19.8 Å². The summed E-state index contributed by atoms with van der Waals surface area (Å²) in [5.41, 5.74) is 1.48. The van der Waals surface area contributed by atoms with E-state index in [2.05, 4.69) is 0 Å². The van der Waals surface area contributed by atoms with Crippen molar-refractivity contribution in [1.82, 2.24) is 4.90 Å². The number of rotatable bonds is 4. The average Bonchev–Trinajstić information content (AvgIpc) is 3.48. The van der Waals surface area contributed by atoms with E-state index in [0.717, 1.165) is 36.0 Å². The molecule has 1 amide bonds. The molecule has 0 radical (unpaired) electrons. The maximum Gasteiger partial charge on any atom is 0.254 e. The highest BCUT2D eigenvalue weighted by Crippen LogP contribution is 2.34. The van der Waals surface area contributed by atoms with Gasteiger partial charge in [-0.15, -0.1) is 0 Å². The Kier molecular flexibility index (Phi) is 4.00. The quantitative estimate of drug-likeness (QED) is 0.689. The number of furan rings is 1. The summed E-state index contributed by atoms with van der Waals surface area (Å²) < 4.78 is 17.3. The van der Waals surface area contributed by atoms with Gasteiger partial charge in [-0.3, -0.25) is 4.79 Å². The van der Waals surface area contributed by atoms with Crippen molar-refractivity contribution in [3.05, 3.63) is 59.9 Å². The van der Waals surface area contributed by atoms with Crippen molar-refractivity contribution < 1.29 is 18.7 Å². The zero-order chi connectivity index (χ0) is 18.2. The fourth-order valence-electron chi connectivity index (χ4n) is 3.50. The van der Waals surface area contributed by atoms with Gasteiger partial charge in [-0.1, -0.05) is 18.2 Å². The van der Waals surface area contributed by atoms with E-state index in [1.807, 2.05) is 47.4 Å². The third-order valence-corrected chi connectivity index (χ3v) is 5.05. The van der Waals surface area contributed by atoms with E-state index >= 15 is 0 Å². The van der Waals surface area contributed by atoms with E-state index in [-0.39, 0.29) is 11.9 Å². The summed E-state index contributed by atoms with van der Waals surface area (Å²) in [6.45, 7) is 1.73. The largest absolute Gasteiger partial charge is 0.490 e. The van der Waals surface area contributed by atoms with Gasteiger partial charge in [0.15, 0.2) is 11.5 Å². The number of para-hydroxylation sites is 1. The first-order chi connectivity index (χ1) is 13.3. The summed E-state index contributed by atoms with van der Waals surface area (Å²) >= 11 is 0. The number of carbonyl (C=O) groups is 1. The summed E-state index contributed by atoms with van der Waals surface area (Å²) in [4.78, 5) is 15.1. The predicted molar refractivity (Wildman–Crippen MR) is 101 cm³/mol. The van der Waals surface area contributed by atoms with E-state index in [1.165, 1.54) is 0 Å². The van der Waals surface area contributed by atoms with Crippen molar-refractivity contribution in [2.45, 2.75) is 31.8 Å². The molecule has 0 saturated heterocycles. The van der Waals surface area contributed by atoms with Crippen LogP contribution in [-0.2, 0) is 6.54 Å². The average molecular weight is 363 g/mol. The number of amides is 1. The Balaban J connectivity index is 1.41. The maximum absolute atomic E-state index is 13.2. The van der Waals surface area contributed by atoms with Crippen molar-refractivity contribution >= 4 is 16.9 Å². The van der Waals surface area contributed by atoms with Crippen LogP contribution in [0.5, 0.6) is 11.5 Å². The van der Waals surface area contributed by atoms with Gasteiger partial charge in [0.1, 0.15) is 11.3 Å². The number of benzene rings is 2. The highest BCUT2D eigenvalue weighted by Gasteiger charge is 2.34. The Hall–Kier alpha value is -2.95. The second kappa shape index (κ2) is 6.65. The molecule has 2 aliphatic rings. The minimum atomic E-state index is 0.00797. The van der Waals surface area contributed by atoms with Gasteiger partial charge >= 0.3 is 0 Å². The first kappa shape index (κ1) is 16.2. The number of ether oxygens (including phenoxy) is 2. The summed E-state index contributed by atoms with van der Waals surface area (Å²) in [5, 5.41) is 1.06. The number of fused-ring (bicyclic) bond motifs is 2. The van der Waals surface area contributed by atoms with E-state index in [9.17, 15) is 4.79 Å². The SMILES string of the molecule is O=C(c1ccc2c(c1)OCCCO2)N(Cc1cc2ccccc2o1)C1CC1. The molecule has 0 atom stereocenters. The molecule has 0 spiro atoms. The second-order valence-corrected chi connectivity index (χ2v) is 7.13. The van der Waals surface area contributed by atoms with E-state index in [1.54, 1.807) is 6.07 Å². The fraction of sp³-hybridized carbons (Fsp3) is 0.318. The van der Waals surface area contributed by atoms with Crippen LogP contribution in [0.25, 0.3) is 11.0 Å². The minimum Gasteiger partial charge on any atom is -0.490 e. The van der Waals surface area contributed by atoms with E-state index in [4.69, 9.17) is 13.9 Å². The van der Waals surface area contributed by atoms with Gasteiger partial charge in [0.2, 0.25) is 0 Å². The molecular formula is C22H21NO4. The third kappa shape index (κ3) is 3.25. The lowest BCUT2D eigenvalue weighted by molar-refractivity contribution is 0.0718. The molecule has 3 aromatic rings. The van der Waals surface area contributed by atoms with Crippen LogP contribution in [-0.4, -0.2) is 30.1 Å². The first-order valence-electron chi connectivity index (χ1n) is 9.46. The Morgan fingerprint density at radius 2 is 1.81 bits per heavy atom. The Morgan fingerprint density at radius 1 is 1.00 bits per heavy atom. The normalized spacial score (nSPS) is 16.1. The van der Waals surface area contributed by atoms with Gasteiger partial charge in [-0.2, -0.15) is 0 Å². The second-order valence-electron chi connectivity index (χ2n) is 7.13. The van der Waals surface area contributed by atoms with Gasteiger partial charge in [-0.05, 0) is 43.2 Å².